The van der Waals surface area contributed by atoms with E-state index in [-0.39, 0.29) is 35.7 Å². The molecule has 0 bridgehead atoms. The first kappa shape index (κ1) is 21.8. The van der Waals surface area contributed by atoms with E-state index in [0.29, 0.717) is 32.5 Å². The number of sulfonamides is 1. The molecule has 0 saturated carbocycles. The minimum Gasteiger partial charge on any atom is -0.355 e. The fourth-order valence-electron chi connectivity index (χ4n) is 2.73. The fourth-order valence-corrected chi connectivity index (χ4v) is 4.25. The van der Waals surface area contributed by atoms with Crippen LogP contribution in [0.2, 0.25) is 0 Å². The summed E-state index contributed by atoms with van der Waals surface area (Å²) in [7, 11) is -3.70. The van der Waals surface area contributed by atoms with Gasteiger partial charge in [-0.1, -0.05) is 6.92 Å². The van der Waals surface area contributed by atoms with Crippen LogP contribution in [0.1, 0.15) is 19.8 Å². The van der Waals surface area contributed by atoms with Crippen molar-refractivity contribution in [3.05, 3.63) is 30.1 Å². The lowest BCUT2D eigenvalue weighted by molar-refractivity contribution is -0.126. The monoisotopic (exact) mass is 393 g/mol. The Morgan fingerprint density at radius 3 is 2.60 bits per heavy atom. The van der Waals surface area contributed by atoms with Crippen molar-refractivity contribution in [3.63, 3.8) is 0 Å². The highest BCUT2D eigenvalue weighted by Crippen LogP contribution is 2.24. The third kappa shape index (κ3) is 5.91. The van der Waals surface area contributed by atoms with E-state index in [4.69, 9.17) is 0 Å². The summed E-state index contributed by atoms with van der Waals surface area (Å²) in [5, 5.41) is 5.95. The van der Waals surface area contributed by atoms with E-state index in [0.717, 1.165) is 18.7 Å². The fraction of sp³-hybridized carbons (Fsp3) is 0.562. The Labute approximate surface area is 154 Å². The van der Waals surface area contributed by atoms with Crippen molar-refractivity contribution < 1.29 is 17.6 Å². The average molecular weight is 394 g/mol. The highest BCUT2D eigenvalue weighted by atomic mass is 35.5. The molecule has 1 aromatic carbocycles. The van der Waals surface area contributed by atoms with Gasteiger partial charge >= 0.3 is 0 Å². The molecule has 1 heterocycles. The molecule has 1 atom stereocenters. The number of amides is 1. The van der Waals surface area contributed by atoms with Crippen molar-refractivity contribution in [2.45, 2.75) is 24.7 Å². The Morgan fingerprint density at radius 2 is 1.96 bits per heavy atom. The summed E-state index contributed by atoms with van der Waals surface area (Å²) in [6, 6.07) is 4.76. The maximum atomic E-state index is 13.0. The Balaban J connectivity index is 0.00000312. The van der Waals surface area contributed by atoms with Crippen LogP contribution in [0.3, 0.4) is 0 Å². The molecule has 25 heavy (non-hydrogen) atoms. The molecule has 1 aromatic rings. The third-order valence-corrected chi connectivity index (χ3v) is 5.94. The lowest BCUT2D eigenvalue weighted by Crippen LogP contribution is -2.46. The summed E-state index contributed by atoms with van der Waals surface area (Å²) in [6.07, 6.45) is 1.30. The van der Waals surface area contributed by atoms with Crippen LogP contribution in [0.15, 0.2) is 29.2 Å². The lowest BCUT2D eigenvalue weighted by atomic mass is 9.99. The van der Waals surface area contributed by atoms with E-state index in [1.165, 1.54) is 16.4 Å². The highest BCUT2D eigenvalue weighted by Gasteiger charge is 2.33. The molecular weight excluding hydrogens is 369 g/mol. The first-order valence-corrected chi connectivity index (χ1v) is 9.63. The second-order valence-corrected chi connectivity index (χ2v) is 7.74. The van der Waals surface area contributed by atoms with Gasteiger partial charge in [-0.05, 0) is 43.7 Å². The smallest absolute Gasteiger partial charge is 0.243 e. The van der Waals surface area contributed by atoms with Crippen LogP contribution < -0.4 is 10.6 Å². The summed E-state index contributed by atoms with van der Waals surface area (Å²) in [6.45, 7) is 4.57. The van der Waals surface area contributed by atoms with Crippen LogP contribution in [0, 0.1) is 11.7 Å². The Bertz CT molecular complexity index is 655. The number of nitrogens with one attached hydrogen (secondary N) is 2. The van der Waals surface area contributed by atoms with Gasteiger partial charge in [0.15, 0.2) is 0 Å². The Morgan fingerprint density at radius 1 is 1.28 bits per heavy atom. The number of piperidine rings is 1. The molecule has 1 unspecified atom stereocenters. The summed E-state index contributed by atoms with van der Waals surface area (Å²) in [5.41, 5.74) is 0. The first-order valence-electron chi connectivity index (χ1n) is 8.19. The van der Waals surface area contributed by atoms with Crippen LogP contribution >= 0.6 is 12.4 Å². The van der Waals surface area contributed by atoms with E-state index in [2.05, 4.69) is 10.6 Å². The second-order valence-electron chi connectivity index (χ2n) is 5.80. The summed E-state index contributed by atoms with van der Waals surface area (Å²) < 4.78 is 39.6. The van der Waals surface area contributed by atoms with Gasteiger partial charge in [-0.25, -0.2) is 12.8 Å². The van der Waals surface area contributed by atoms with E-state index in [1.54, 1.807) is 0 Å². The number of halogens is 2. The van der Waals surface area contributed by atoms with Crippen molar-refractivity contribution in [2.75, 3.05) is 32.7 Å². The molecule has 2 rings (SSSR count). The Hall–Kier alpha value is -1.22. The molecule has 0 aliphatic carbocycles. The molecule has 1 aliphatic heterocycles. The number of carbonyl (C=O) groups is 1. The average Bonchev–Trinajstić information content (AvgIpc) is 2.59. The SMILES string of the molecule is CCNCCNC(=O)C1CCCN(S(=O)(=O)c2ccc(F)cc2)C1.Cl. The zero-order chi connectivity index (χ0) is 17.6. The maximum absolute atomic E-state index is 13.0. The van der Waals surface area contributed by atoms with Crippen LogP contribution in [-0.4, -0.2) is 51.4 Å². The van der Waals surface area contributed by atoms with E-state index in [9.17, 15) is 17.6 Å². The first-order chi connectivity index (χ1) is 11.4. The minimum atomic E-state index is -3.70. The van der Waals surface area contributed by atoms with Gasteiger partial charge < -0.3 is 10.6 Å². The minimum absolute atomic E-state index is 0. The standard InChI is InChI=1S/C16H24FN3O3S.ClH/c1-2-18-9-10-19-16(21)13-4-3-11-20(12-13)24(22,23)15-7-5-14(17)6-8-15;/h5-8,13,18H,2-4,9-12H2,1H3,(H,19,21);1H. The lowest BCUT2D eigenvalue weighted by Gasteiger charge is -2.31. The van der Waals surface area contributed by atoms with E-state index >= 15 is 0 Å². The van der Waals surface area contributed by atoms with Gasteiger partial charge in [0.1, 0.15) is 5.82 Å². The molecule has 1 fully saturated rings. The molecule has 142 valence electrons. The van der Waals surface area contributed by atoms with Crippen molar-refractivity contribution in [1.82, 2.24) is 14.9 Å². The molecule has 1 saturated heterocycles. The molecule has 0 aromatic heterocycles. The quantitative estimate of drug-likeness (QED) is 0.686. The van der Waals surface area contributed by atoms with Gasteiger partial charge in [-0.2, -0.15) is 4.31 Å². The summed E-state index contributed by atoms with van der Waals surface area (Å²) in [5.74, 6) is -0.951. The van der Waals surface area contributed by atoms with Crippen LogP contribution in [0.5, 0.6) is 0 Å². The van der Waals surface area contributed by atoms with Gasteiger partial charge in [-0.3, -0.25) is 4.79 Å². The van der Waals surface area contributed by atoms with Crippen molar-refractivity contribution in [2.24, 2.45) is 5.92 Å². The molecular formula is C16H25ClFN3O3S. The number of likely N-dealkylation sites (N-methyl/N-ethyl adjacent to an activating group) is 1. The normalized spacial score (nSPS) is 18.4. The van der Waals surface area contributed by atoms with E-state index in [1.807, 2.05) is 6.92 Å². The molecule has 0 radical (unpaired) electrons. The van der Waals surface area contributed by atoms with Crippen LogP contribution in [-0.2, 0) is 14.8 Å². The number of rotatable bonds is 7. The predicted molar refractivity (Wildman–Crippen MR) is 96.7 cm³/mol. The van der Waals surface area contributed by atoms with Crippen LogP contribution in [0.25, 0.3) is 0 Å². The number of hydrogen-bond donors (Lipinski definition) is 2. The topological polar surface area (TPSA) is 78.5 Å². The maximum Gasteiger partial charge on any atom is 0.243 e. The molecule has 6 nitrogen and oxygen atoms in total. The molecule has 9 heteroatoms. The molecule has 0 spiro atoms. The van der Waals surface area contributed by atoms with Crippen LogP contribution in [0.4, 0.5) is 4.39 Å². The van der Waals surface area contributed by atoms with Gasteiger partial charge in [0.2, 0.25) is 15.9 Å². The third-order valence-electron chi connectivity index (χ3n) is 4.06. The Kier molecular flexibility index (Phi) is 8.78. The predicted octanol–water partition coefficient (Wildman–Crippen LogP) is 1.37. The zero-order valence-electron chi connectivity index (χ0n) is 14.2. The highest BCUT2D eigenvalue weighted by molar-refractivity contribution is 7.89. The molecule has 1 aliphatic rings. The number of nitrogens with zero attached hydrogens (tertiary/aromatic N) is 1. The van der Waals surface area contributed by atoms with Crippen molar-refractivity contribution in [3.8, 4) is 0 Å². The number of hydrogen-bond acceptors (Lipinski definition) is 4. The van der Waals surface area contributed by atoms with Gasteiger partial charge in [0.05, 0.1) is 10.8 Å². The number of carbonyl (C=O) groups excluding carboxylic acids is 1. The molecule has 1 amide bonds. The number of benzene rings is 1. The van der Waals surface area contributed by atoms with Gasteiger partial charge in [-0.15, -0.1) is 12.4 Å². The molecule has 2 N–H and O–H groups in total. The largest absolute Gasteiger partial charge is 0.355 e. The second kappa shape index (κ2) is 10.1. The van der Waals surface area contributed by atoms with E-state index < -0.39 is 15.8 Å². The zero-order valence-corrected chi connectivity index (χ0v) is 15.8. The summed E-state index contributed by atoms with van der Waals surface area (Å²) in [4.78, 5) is 12.3. The van der Waals surface area contributed by atoms with Gasteiger partial charge in [0.25, 0.3) is 0 Å². The summed E-state index contributed by atoms with van der Waals surface area (Å²) >= 11 is 0. The van der Waals surface area contributed by atoms with Gasteiger partial charge in [0, 0.05) is 26.2 Å². The van der Waals surface area contributed by atoms with Crippen molar-refractivity contribution in [1.29, 1.82) is 0 Å². The van der Waals surface area contributed by atoms with Crippen molar-refractivity contribution >= 4 is 28.3 Å².